The van der Waals surface area contributed by atoms with Crippen LogP contribution in [0.25, 0.3) is 5.76 Å². The van der Waals surface area contributed by atoms with Crippen molar-refractivity contribution in [1.82, 2.24) is 9.88 Å². The van der Waals surface area contributed by atoms with E-state index in [0.29, 0.717) is 16.7 Å². The monoisotopic (exact) mass is 470 g/mol. The van der Waals surface area contributed by atoms with Crippen LogP contribution in [0.2, 0.25) is 0 Å². The molecule has 3 aromatic rings. The molecule has 35 heavy (non-hydrogen) atoms. The predicted molar refractivity (Wildman–Crippen MR) is 130 cm³/mol. The Bertz CT molecular complexity index is 1260. The summed E-state index contributed by atoms with van der Waals surface area (Å²) in [6.45, 7) is 4.15. The fourth-order valence-electron chi connectivity index (χ4n) is 4.14. The summed E-state index contributed by atoms with van der Waals surface area (Å²) in [5.74, 6) is -2.11. The lowest BCUT2D eigenvalue weighted by Gasteiger charge is -2.25. The standard InChI is InChI=1S/C28H26N2O5/c1-3-18-7-11-20(12-8-18)25(31)23-24(22-6-5-15-29-16-22)30(27(33)26(23)32)17-19-9-13-21(14-10-19)28(34)35-4-2/h5-16,24,31H,3-4,17H2,1-2H3/b25-23+. The van der Waals surface area contributed by atoms with Crippen molar-refractivity contribution in [2.24, 2.45) is 0 Å². The summed E-state index contributed by atoms with van der Waals surface area (Å²) in [4.78, 5) is 43.8. The van der Waals surface area contributed by atoms with Crippen molar-refractivity contribution in [2.45, 2.75) is 32.9 Å². The van der Waals surface area contributed by atoms with Crippen molar-refractivity contribution in [1.29, 1.82) is 0 Å². The normalized spacial score (nSPS) is 17.0. The zero-order chi connectivity index (χ0) is 24.9. The lowest BCUT2D eigenvalue weighted by molar-refractivity contribution is -0.140. The molecule has 1 unspecified atom stereocenters. The van der Waals surface area contributed by atoms with Gasteiger partial charge in [0, 0.05) is 24.5 Å². The molecular weight excluding hydrogens is 444 g/mol. The van der Waals surface area contributed by atoms with Crippen LogP contribution in [-0.4, -0.2) is 39.3 Å². The molecule has 2 heterocycles. The number of benzene rings is 2. The number of hydrogen-bond acceptors (Lipinski definition) is 6. The van der Waals surface area contributed by atoms with Crippen molar-refractivity contribution in [3.8, 4) is 0 Å². The zero-order valence-corrected chi connectivity index (χ0v) is 19.6. The Kier molecular flexibility index (Phi) is 7.06. The molecule has 1 atom stereocenters. The Hall–Kier alpha value is -4.26. The molecule has 1 amide bonds. The van der Waals surface area contributed by atoms with Crippen LogP contribution >= 0.6 is 0 Å². The Morgan fingerprint density at radius 1 is 0.971 bits per heavy atom. The van der Waals surface area contributed by atoms with Gasteiger partial charge in [-0.15, -0.1) is 0 Å². The van der Waals surface area contributed by atoms with Crippen LogP contribution in [-0.2, 0) is 27.3 Å². The lowest BCUT2D eigenvalue weighted by Crippen LogP contribution is -2.29. The topological polar surface area (TPSA) is 96.8 Å². The molecule has 1 aromatic heterocycles. The molecule has 1 aliphatic heterocycles. The number of aromatic nitrogens is 1. The SMILES string of the molecule is CCOC(=O)c1ccc(CN2C(=O)C(=O)/C(=C(/O)c3ccc(CC)cc3)C2c2cccnc2)cc1. The molecule has 4 rings (SSSR count). The van der Waals surface area contributed by atoms with E-state index in [2.05, 4.69) is 4.98 Å². The van der Waals surface area contributed by atoms with Crippen LogP contribution in [0.4, 0.5) is 0 Å². The molecule has 0 bridgehead atoms. The largest absolute Gasteiger partial charge is 0.507 e. The number of carbonyl (C=O) groups is 3. The first-order valence-corrected chi connectivity index (χ1v) is 11.5. The number of esters is 1. The second-order valence-corrected chi connectivity index (χ2v) is 8.18. The molecule has 0 aliphatic carbocycles. The smallest absolute Gasteiger partial charge is 0.338 e. The molecule has 1 aliphatic rings. The predicted octanol–water partition coefficient (Wildman–Crippen LogP) is 4.44. The van der Waals surface area contributed by atoms with E-state index in [4.69, 9.17) is 4.74 Å². The molecule has 2 aromatic carbocycles. The van der Waals surface area contributed by atoms with Gasteiger partial charge in [0.05, 0.1) is 23.8 Å². The van der Waals surface area contributed by atoms with E-state index in [9.17, 15) is 19.5 Å². The number of amides is 1. The molecule has 1 N–H and O–H groups in total. The third kappa shape index (κ3) is 4.84. The molecule has 1 saturated heterocycles. The average Bonchev–Trinajstić information content (AvgIpc) is 3.14. The highest BCUT2D eigenvalue weighted by Gasteiger charge is 2.46. The third-order valence-electron chi connectivity index (χ3n) is 5.99. The van der Waals surface area contributed by atoms with Gasteiger partial charge in [-0.25, -0.2) is 4.79 Å². The van der Waals surface area contributed by atoms with Crippen molar-refractivity contribution in [2.75, 3.05) is 6.61 Å². The van der Waals surface area contributed by atoms with Crippen LogP contribution in [0.1, 0.15) is 52.5 Å². The van der Waals surface area contributed by atoms with Gasteiger partial charge in [-0.05, 0) is 48.2 Å². The highest BCUT2D eigenvalue weighted by atomic mass is 16.5. The van der Waals surface area contributed by atoms with Gasteiger partial charge in [-0.3, -0.25) is 14.6 Å². The number of aliphatic hydroxyl groups excluding tert-OH is 1. The number of Topliss-reactive ketones (excluding diaryl/α,β-unsaturated/α-hetero) is 1. The van der Waals surface area contributed by atoms with E-state index in [0.717, 1.165) is 17.5 Å². The summed E-state index contributed by atoms with van der Waals surface area (Å²) in [5.41, 5.74) is 3.32. The molecule has 1 fully saturated rings. The Labute approximate surface area is 203 Å². The van der Waals surface area contributed by atoms with E-state index in [1.165, 1.54) is 4.90 Å². The molecule has 0 radical (unpaired) electrons. The first kappa shape index (κ1) is 23.9. The van der Waals surface area contributed by atoms with Crippen LogP contribution in [0, 0.1) is 0 Å². The summed E-state index contributed by atoms with van der Waals surface area (Å²) >= 11 is 0. The zero-order valence-electron chi connectivity index (χ0n) is 19.6. The molecule has 178 valence electrons. The van der Waals surface area contributed by atoms with Crippen LogP contribution < -0.4 is 0 Å². The Morgan fingerprint density at radius 2 is 1.63 bits per heavy atom. The molecule has 0 spiro atoms. The van der Waals surface area contributed by atoms with Gasteiger partial charge in [-0.2, -0.15) is 0 Å². The van der Waals surface area contributed by atoms with Crippen molar-refractivity contribution in [3.05, 3.63) is 106 Å². The number of nitrogens with zero attached hydrogens (tertiary/aromatic N) is 2. The second kappa shape index (κ2) is 10.3. The van der Waals surface area contributed by atoms with Crippen LogP contribution in [0.5, 0.6) is 0 Å². The second-order valence-electron chi connectivity index (χ2n) is 8.18. The number of aryl methyl sites for hydroxylation is 1. The van der Waals surface area contributed by atoms with Gasteiger partial charge < -0.3 is 14.7 Å². The van der Waals surface area contributed by atoms with E-state index in [-0.39, 0.29) is 24.5 Å². The number of ketones is 1. The van der Waals surface area contributed by atoms with Crippen LogP contribution in [0.15, 0.2) is 78.6 Å². The maximum atomic E-state index is 13.2. The van der Waals surface area contributed by atoms with E-state index in [1.54, 1.807) is 67.8 Å². The van der Waals surface area contributed by atoms with Gasteiger partial charge in [0.25, 0.3) is 11.7 Å². The van der Waals surface area contributed by atoms with Gasteiger partial charge >= 0.3 is 5.97 Å². The summed E-state index contributed by atoms with van der Waals surface area (Å²) in [6, 6.07) is 16.6. The number of aliphatic hydroxyl groups is 1. The fourth-order valence-corrected chi connectivity index (χ4v) is 4.14. The highest BCUT2D eigenvalue weighted by molar-refractivity contribution is 6.46. The third-order valence-corrected chi connectivity index (χ3v) is 5.99. The minimum absolute atomic E-state index is 0.0235. The number of rotatable bonds is 7. The fraction of sp³-hybridized carbons (Fsp3) is 0.214. The highest BCUT2D eigenvalue weighted by Crippen LogP contribution is 2.40. The van der Waals surface area contributed by atoms with E-state index >= 15 is 0 Å². The van der Waals surface area contributed by atoms with Gasteiger partial charge in [0.2, 0.25) is 0 Å². The molecule has 7 heteroatoms. The maximum absolute atomic E-state index is 13.2. The van der Waals surface area contributed by atoms with Gasteiger partial charge in [-0.1, -0.05) is 49.4 Å². The maximum Gasteiger partial charge on any atom is 0.338 e. The van der Waals surface area contributed by atoms with Crippen LogP contribution in [0.3, 0.4) is 0 Å². The lowest BCUT2D eigenvalue weighted by atomic mass is 9.95. The molecule has 0 saturated carbocycles. The van der Waals surface area contributed by atoms with E-state index < -0.39 is 23.7 Å². The van der Waals surface area contributed by atoms with E-state index in [1.807, 2.05) is 19.1 Å². The van der Waals surface area contributed by atoms with Crippen molar-refractivity contribution >= 4 is 23.4 Å². The Morgan fingerprint density at radius 3 is 2.23 bits per heavy atom. The van der Waals surface area contributed by atoms with Gasteiger partial charge in [0.15, 0.2) is 0 Å². The Balaban J connectivity index is 1.73. The van der Waals surface area contributed by atoms with Gasteiger partial charge in [0.1, 0.15) is 5.76 Å². The number of carbonyl (C=O) groups excluding carboxylic acids is 3. The summed E-state index contributed by atoms with van der Waals surface area (Å²) in [5, 5.41) is 11.1. The number of likely N-dealkylation sites (tertiary alicyclic amines) is 1. The van der Waals surface area contributed by atoms with Crippen molar-refractivity contribution in [3.63, 3.8) is 0 Å². The number of hydrogen-bond donors (Lipinski definition) is 1. The molecule has 7 nitrogen and oxygen atoms in total. The van der Waals surface area contributed by atoms with Crippen molar-refractivity contribution < 1.29 is 24.2 Å². The summed E-state index contributed by atoms with van der Waals surface area (Å²) in [7, 11) is 0. The first-order chi connectivity index (χ1) is 16.9. The molecular formula is C28H26N2O5. The summed E-state index contributed by atoms with van der Waals surface area (Å²) < 4.78 is 5.02. The quantitative estimate of drug-likeness (QED) is 0.237. The minimum atomic E-state index is -0.806. The number of ether oxygens (including phenoxy) is 1. The summed E-state index contributed by atoms with van der Waals surface area (Å²) in [6.07, 6.45) is 4.03. The number of pyridine rings is 1. The average molecular weight is 471 g/mol. The minimum Gasteiger partial charge on any atom is -0.507 e. The first-order valence-electron chi connectivity index (χ1n) is 11.5.